The van der Waals surface area contributed by atoms with Crippen molar-refractivity contribution in [3.05, 3.63) is 40.4 Å². The largest absolute Gasteiger partial charge is 0.331 e. The summed E-state index contributed by atoms with van der Waals surface area (Å²) in [5.41, 5.74) is 2.69. The first-order valence-corrected chi connectivity index (χ1v) is 5.98. The van der Waals surface area contributed by atoms with E-state index in [1.807, 2.05) is 12.5 Å². The molecule has 15 heavy (non-hydrogen) atoms. The minimum Gasteiger partial charge on any atom is -0.331 e. The fraction of sp³-hybridized carbons (Fsp3) is 0.417. The summed E-state index contributed by atoms with van der Waals surface area (Å²) in [5, 5.41) is 0. The first-order valence-electron chi connectivity index (χ1n) is 5.18. The van der Waals surface area contributed by atoms with Crippen molar-refractivity contribution in [3.8, 4) is 0 Å². The molecule has 1 aromatic rings. The van der Waals surface area contributed by atoms with Gasteiger partial charge in [0, 0.05) is 18.4 Å². The van der Waals surface area contributed by atoms with Crippen molar-refractivity contribution in [3.63, 3.8) is 0 Å². The third kappa shape index (κ3) is 2.40. The van der Waals surface area contributed by atoms with Gasteiger partial charge in [-0.3, -0.25) is 0 Å². The fourth-order valence-corrected chi connectivity index (χ4v) is 2.43. The molecule has 0 radical (unpaired) electrons. The Bertz CT molecular complexity index is 415. The van der Waals surface area contributed by atoms with Crippen molar-refractivity contribution in [1.82, 2.24) is 9.55 Å². The Morgan fingerprint density at radius 1 is 1.53 bits per heavy atom. The first kappa shape index (κ1) is 10.7. The van der Waals surface area contributed by atoms with Gasteiger partial charge in [-0.05, 0) is 29.3 Å². The van der Waals surface area contributed by atoms with Gasteiger partial charge < -0.3 is 4.57 Å². The number of aromatic nitrogens is 2. The maximum absolute atomic E-state index is 4.14. The molecule has 1 aliphatic rings. The molecule has 0 saturated heterocycles. The van der Waals surface area contributed by atoms with E-state index >= 15 is 0 Å². The Balaban J connectivity index is 2.16. The summed E-state index contributed by atoms with van der Waals surface area (Å²) in [4.78, 5) is 4.14. The third-order valence-corrected chi connectivity index (χ3v) is 3.47. The summed E-state index contributed by atoms with van der Waals surface area (Å²) in [5.74, 6) is 0.617. The number of rotatable bonds is 2. The molecule has 0 aliphatic heterocycles. The molecule has 0 aromatic carbocycles. The number of hydrogen-bond donors (Lipinski definition) is 0. The molecule has 1 atom stereocenters. The van der Waals surface area contributed by atoms with Crippen LogP contribution in [0.3, 0.4) is 0 Å². The maximum Gasteiger partial charge on any atom is 0.0951 e. The minimum absolute atomic E-state index is 0.617. The molecule has 0 bridgehead atoms. The zero-order valence-corrected chi connectivity index (χ0v) is 10.7. The van der Waals surface area contributed by atoms with Gasteiger partial charge in [-0.25, -0.2) is 4.98 Å². The average molecular weight is 267 g/mol. The quantitative estimate of drug-likeness (QED) is 0.802. The molecule has 2 rings (SSSR count). The van der Waals surface area contributed by atoms with Gasteiger partial charge in [0.25, 0.3) is 0 Å². The second kappa shape index (κ2) is 4.35. The lowest BCUT2D eigenvalue weighted by molar-refractivity contribution is 0.604. The van der Waals surface area contributed by atoms with Crippen LogP contribution in [-0.4, -0.2) is 9.55 Å². The molecule has 2 nitrogen and oxygen atoms in total. The Labute approximate surface area is 98.8 Å². The molecule has 0 fully saturated rings. The molecule has 1 aromatic heterocycles. The number of hydrogen-bond acceptors (Lipinski definition) is 1. The normalized spacial score (nSPS) is 21.1. The lowest BCUT2D eigenvalue weighted by Crippen LogP contribution is -2.10. The van der Waals surface area contributed by atoms with Crippen LogP contribution in [0.15, 0.2) is 34.7 Å². The van der Waals surface area contributed by atoms with Crippen LogP contribution in [0.2, 0.25) is 0 Å². The molecule has 3 heteroatoms. The van der Waals surface area contributed by atoms with Crippen LogP contribution in [0.1, 0.15) is 19.0 Å². The van der Waals surface area contributed by atoms with Gasteiger partial charge in [0.15, 0.2) is 0 Å². The summed E-state index contributed by atoms with van der Waals surface area (Å²) >= 11 is 3.55. The van der Waals surface area contributed by atoms with Crippen LogP contribution >= 0.6 is 15.9 Å². The van der Waals surface area contributed by atoms with Crippen molar-refractivity contribution >= 4 is 15.9 Å². The highest BCUT2D eigenvalue weighted by Crippen LogP contribution is 2.29. The van der Waals surface area contributed by atoms with Crippen LogP contribution in [0, 0.1) is 12.8 Å². The highest BCUT2D eigenvalue weighted by atomic mass is 79.9. The van der Waals surface area contributed by atoms with Crippen molar-refractivity contribution in [1.29, 1.82) is 0 Å². The number of nitrogens with zero attached hydrogens (tertiary/aromatic N) is 2. The molecule has 0 amide bonds. The summed E-state index contributed by atoms with van der Waals surface area (Å²) in [6, 6.07) is 0. The van der Waals surface area contributed by atoms with Gasteiger partial charge in [-0.1, -0.05) is 35.0 Å². The molecule has 0 spiro atoms. The van der Waals surface area contributed by atoms with E-state index in [0.29, 0.717) is 5.92 Å². The van der Waals surface area contributed by atoms with Gasteiger partial charge in [0.05, 0.1) is 6.33 Å². The van der Waals surface area contributed by atoms with E-state index in [4.69, 9.17) is 0 Å². The lowest BCUT2D eigenvalue weighted by atomic mass is 9.93. The van der Waals surface area contributed by atoms with Gasteiger partial charge >= 0.3 is 0 Å². The third-order valence-electron chi connectivity index (χ3n) is 2.89. The Kier molecular flexibility index (Phi) is 3.10. The van der Waals surface area contributed by atoms with E-state index in [1.54, 1.807) is 0 Å². The average Bonchev–Trinajstić information content (AvgIpc) is 2.57. The predicted octanol–water partition coefficient (Wildman–Crippen LogP) is 3.44. The smallest absolute Gasteiger partial charge is 0.0951 e. The highest BCUT2D eigenvalue weighted by Gasteiger charge is 2.14. The van der Waals surface area contributed by atoms with Crippen molar-refractivity contribution < 1.29 is 0 Å². The van der Waals surface area contributed by atoms with E-state index in [0.717, 1.165) is 13.0 Å². The van der Waals surface area contributed by atoms with Crippen molar-refractivity contribution in [2.75, 3.05) is 0 Å². The molecule has 1 unspecified atom stereocenters. The van der Waals surface area contributed by atoms with Crippen LogP contribution in [-0.2, 0) is 6.54 Å². The summed E-state index contributed by atoms with van der Waals surface area (Å²) in [6.07, 6.45) is 9.29. The van der Waals surface area contributed by atoms with Gasteiger partial charge in [0.2, 0.25) is 0 Å². The predicted molar refractivity (Wildman–Crippen MR) is 65.8 cm³/mol. The SMILES string of the molecule is Cc1cncn1CC1=CC=C(Br)CC1C. The monoisotopic (exact) mass is 266 g/mol. The summed E-state index contributed by atoms with van der Waals surface area (Å²) in [6.45, 7) is 5.32. The molecule has 0 N–H and O–H groups in total. The summed E-state index contributed by atoms with van der Waals surface area (Å²) in [7, 11) is 0. The summed E-state index contributed by atoms with van der Waals surface area (Å²) < 4.78 is 3.48. The number of allylic oxidation sites excluding steroid dienone is 4. The Morgan fingerprint density at radius 3 is 2.93 bits per heavy atom. The fourth-order valence-electron chi connectivity index (χ4n) is 1.81. The van der Waals surface area contributed by atoms with Crippen LogP contribution in [0.5, 0.6) is 0 Å². The van der Waals surface area contributed by atoms with Crippen LogP contribution < -0.4 is 0 Å². The standard InChI is InChI=1S/C12H15BrN2/c1-9-5-12(13)4-3-11(9)7-15-8-14-6-10(15)2/h3-4,6,8-9H,5,7H2,1-2H3. The Hall–Kier alpha value is -0.830. The van der Waals surface area contributed by atoms with Gasteiger partial charge in [-0.15, -0.1) is 0 Å². The minimum atomic E-state index is 0.617. The van der Waals surface area contributed by atoms with E-state index in [2.05, 4.69) is 51.5 Å². The van der Waals surface area contributed by atoms with Gasteiger partial charge in [0.1, 0.15) is 0 Å². The second-order valence-corrected chi connectivity index (χ2v) is 5.14. The van der Waals surface area contributed by atoms with Crippen molar-refractivity contribution in [2.45, 2.75) is 26.8 Å². The van der Waals surface area contributed by atoms with E-state index in [1.165, 1.54) is 15.7 Å². The van der Waals surface area contributed by atoms with Crippen LogP contribution in [0.25, 0.3) is 0 Å². The number of halogens is 1. The molecular weight excluding hydrogens is 252 g/mol. The topological polar surface area (TPSA) is 17.8 Å². The zero-order chi connectivity index (χ0) is 10.8. The Morgan fingerprint density at radius 2 is 2.33 bits per heavy atom. The molecular formula is C12H15BrN2. The molecule has 0 saturated carbocycles. The molecule has 80 valence electrons. The number of imidazole rings is 1. The second-order valence-electron chi connectivity index (χ2n) is 4.12. The van der Waals surface area contributed by atoms with E-state index < -0.39 is 0 Å². The van der Waals surface area contributed by atoms with E-state index in [-0.39, 0.29) is 0 Å². The zero-order valence-electron chi connectivity index (χ0n) is 9.07. The highest BCUT2D eigenvalue weighted by molar-refractivity contribution is 9.11. The molecule has 1 aliphatic carbocycles. The van der Waals surface area contributed by atoms with Crippen molar-refractivity contribution in [2.24, 2.45) is 5.92 Å². The lowest BCUT2D eigenvalue weighted by Gasteiger charge is -2.20. The molecule has 1 heterocycles. The number of aryl methyl sites for hydroxylation is 1. The maximum atomic E-state index is 4.14. The van der Waals surface area contributed by atoms with Crippen LogP contribution in [0.4, 0.5) is 0 Å². The van der Waals surface area contributed by atoms with Gasteiger partial charge in [-0.2, -0.15) is 0 Å². The first-order chi connectivity index (χ1) is 7.16. The van der Waals surface area contributed by atoms with E-state index in [9.17, 15) is 0 Å².